The second-order valence-electron chi connectivity index (χ2n) is 3.00. The third-order valence-corrected chi connectivity index (χ3v) is 1.91. The van der Waals surface area contributed by atoms with Gasteiger partial charge in [0.2, 0.25) is 5.91 Å². The highest BCUT2D eigenvalue weighted by atomic mass is 16.6. The van der Waals surface area contributed by atoms with Crippen molar-refractivity contribution in [1.82, 2.24) is 0 Å². The summed E-state index contributed by atoms with van der Waals surface area (Å²) in [6.07, 6.45) is 0. The maximum absolute atomic E-state index is 10.9. The van der Waals surface area contributed by atoms with Crippen LogP contribution in [0.1, 0.15) is 10.4 Å². The Balaban J connectivity index is 3.10. The van der Waals surface area contributed by atoms with Crippen molar-refractivity contribution in [1.29, 1.82) is 0 Å². The summed E-state index contributed by atoms with van der Waals surface area (Å²) in [5.41, 5.74) is 5.22. The van der Waals surface area contributed by atoms with Crippen molar-refractivity contribution in [3.63, 3.8) is 0 Å². The van der Waals surface area contributed by atoms with Crippen LogP contribution in [0.25, 0.3) is 0 Å². The zero-order chi connectivity index (χ0) is 12.1. The molecule has 1 rings (SSSR count). The SMILES string of the molecule is NC(=O)c1ccc([N+](=O)[O-])c(NCCO)c1. The van der Waals surface area contributed by atoms with E-state index in [1.165, 1.54) is 18.2 Å². The molecule has 0 fully saturated rings. The number of benzene rings is 1. The Morgan fingerprint density at radius 3 is 2.75 bits per heavy atom. The van der Waals surface area contributed by atoms with Crippen molar-refractivity contribution < 1.29 is 14.8 Å². The predicted molar refractivity (Wildman–Crippen MR) is 57.2 cm³/mol. The molecule has 0 unspecified atom stereocenters. The van der Waals surface area contributed by atoms with Gasteiger partial charge < -0.3 is 16.2 Å². The lowest BCUT2D eigenvalue weighted by atomic mass is 10.1. The maximum atomic E-state index is 10.9. The molecule has 4 N–H and O–H groups in total. The van der Waals surface area contributed by atoms with Crippen molar-refractivity contribution in [3.05, 3.63) is 33.9 Å². The Labute approximate surface area is 91.0 Å². The van der Waals surface area contributed by atoms with E-state index in [0.717, 1.165) is 0 Å². The van der Waals surface area contributed by atoms with Gasteiger partial charge in [0.05, 0.1) is 11.5 Å². The highest BCUT2D eigenvalue weighted by Gasteiger charge is 2.15. The first kappa shape index (κ1) is 11.9. The molecular formula is C9H11N3O4. The Morgan fingerprint density at radius 1 is 1.56 bits per heavy atom. The molecule has 1 amide bonds. The van der Waals surface area contributed by atoms with E-state index >= 15 is 0 Å². The first-order chi connectivity index (χ1) is 7.56. The zero-order valence-electron chi connectivity index (χ0n) is 8.34. The minimum absolute atomic E-state index is 0.156. The van der Waals surface area contributed by atoms with Gasteiger partial charge in [0, 0.05) is 18.2 Å². The van der Waals surface area contributed by atoms with Gasteiger partial charge in [0.25, 0.3) is 5.69 Å². The number of nitrogens with zero attached hydrogens (tertiary/aromatic N) is 1. The number of anilines is 1. The van der Waals surface area contributed by atoms with Gasteiger partial charge in [-0.25, -0.2) is 0 Å². The van der Waals surface area contributed by atoms with Crippen LogP contribution < -0.4 is 11.1 Å². The van der Waals surface area contributed by atoms with E-state index in [4.69, 9.17) is 10.8 Å². The average molecular weight is 225 g/mol. The van der Waals surface area contributed by atoms with Crippen molar-refractivity contribution in [2.24, 2.45) is 5.73 Å². The number of aliphatic hydroxyl groups excluding tert-OH is 1. The molecule has 0 atom stereocenters. The summed E-state index contributed by atoms with van der Waals surface area (Å²) in [6.45, 7) is -0.0129. The molecule has 0 aliphatic heterocycles. The molecule has 0 aliphatic carbocycles. The van der Waals surface area contributed by atoms with Crippen LogP contribution in [0.5, 0.6) is 0 Å². The number of hydrogen-bond donors (Lipinski definition) is 3. The summed E-state index contributed by atoms with van der Waals surface area (Å²) in [7, 11) is 0. The maximum Gasteiger partial charge on any atom is 0.292 e. The standard InChI is InChI=1S/C9H11N3O4/c10-9(14)6-1-2-8(12(15)16)7(5-6)11-3-4-13/h1-2,5,11,13H,3-4H2,(H2,10,14). The van der Waals surface area contributed by atoms with Crippen molar-refractivity contribution in [2.45, 2.75) is 0 Å². The van der Waals surface area contributed by atoms with E-state index in [9.17, 15) is 14.9 Å². The van der Waals surface area contributed by atoms with Crippen LogP contribution in [0, 0.1) is 10.1 Å². The molecule has 86 valence electrons. The summed E-state index contributed by atoms with van der Waals surface area (Å²) in [4.78, 5) is 21.0. The minimum atomic E-state index is -0.665. The number of rotatable bonds is 5. The Morgan fingerprint density at radius 2 is 2.25 bits per heavy atom. The van der Waals surface area contributed by atoms with E-state index in [-0.39, 0.29) is 30.1 Å². The molecule has 0 aromatic heterocycles. The normalized spacial score (nSPS) is 9.81. The lowest BCUT2D eigenvalue weighted by Gasteiger charge is -2.06. The lowest BCUT2D eigenvalue weighted by Crippen LogP contribution is -2.13. The fourth-order valence-electron chi connectivity index (χ4n) is 1.18. The average Bonchev–Trinajstić information content (AvgIpc) is 2.25. The molecule has 1 aromatic rings. The van der Waals surface area contributed by atoms with E-state index in [0.29, 0.717) is 0 Å². The number of carbonyl (C=O) groups is 1. The molecule has 0 bridgehead atoms. The van der Waals surface area contributed by atoms with Crippen LogP contribution in [-0.2, 0) is 0 Å². The lowest BCUT2D eigenvalue weighted by molar-refractivity contribution is -0.384. The van der Waals surface area contributed by atoms with Gasteiger partial charge in [-0.1, -0.05) is 0 Å². The predicted octanol–water partition coefficient (Wildman–Crippen LogP) is 0.0979. The Kier molecular flexibility index (Phi) is 3.78. The van der Waals surface area contributed by atoms with Gasteiger partial charge in [0.1, 0.15) is 5.69 Å². The van der Waals surface area contributed by atoms with Gasteiger partial charge in [-0.2, -0.15) is 0 Å². The van der Waals surface area contributed by atoms with Gasteiger partial charge in [-0.15, -0.1) is 0 Å². The smallest absolute Gasteiger partial charge is 0.292 e. The molecule has 16 heavy (non-hydrogen) atoms. The molecule has 7 heteroatoms. The fraction of sp³-hybridized carbons (Fsp3) is 0.222. The molecule has 0 radical (unpaired) electrons. The Hall–Kier alpha value is -2.15. The molecule has 0 heterocycles. The second-order valence-corrected chi connectivity index (χ2v) is 3.00. The van der Waals surface area contributed by atoms with E-state index in [1.807, 2.05) is 0 Å². The second kappa shape index (κ2) is 5.08. The highest BCUT2D eigenvalue weighted by Crippen LogP contribution is 2.24. The van der Waals surface area contributed by atoms with Crippen molar-refractivity contribution in [3.8, 4) is 0 Å². The van der Waals surface area contributed by atoms with Crippen LogP contribution in [0.15, 0.2) is 18.2 Å². The third-order valence-electron chi connectivity index (χ3n) is 1.91. The number of nitrogens with two attached hydrogens (primary N) is 1. The van der Waals surface area contributed by atoms with Crippen LogP contribution in [0.4, 0.5) is 11.4 Å². The summed E-state index contributed by atoms with van der Waals surface area (Å²) >= 11 is 0. The summed E-state index contributed by atoms with van der Waals surface area (Å²) < 4.78 is 0. The first-order valence-corrected chi connectivity index (χ1v) is 4.49. The summed E-state index contributed by atoms with van der Waals surface area (Å²) in [5, 5.41) is 21.9. The van der Waals surface area contributed by atoms with Crippen LogP contribution >= 0.6 is 0 Å². The molecule has 7 nitrogen and oxygen atoms in total. The Bertz CT molecular complexity index is 419. The van der Waals surface area contributed by atoms with E-state index in [1.54, 1.807) is 0 Å². The summed E-state index contributed by atoms with van der Waals surface area (Å²) in [6, 6.07) is 3.76. The van der Waals surface area contributed by atoms with Crippen LogP contribution in [0.2, 0.25) is 0 Å². The molecule has 0 spiro atoms. The van der Waals surface area contributed by atoms with E-state index < -0.39 is 10.8 Å². The number of carbonyl (C=O) groups excluding carboxylic acids is 1. The van der Waals surface area contributed by atoms with Crippen LogP contribution in [-0.4, -0.2) is 29.1 Å². The first-order valence-electron chi connectivity index (χ1n) is 4.49. The molecule has 1 aromatic carbocycles. The highest BCUT2D eigenvalue weighted by molar-refractivity contribution is 5.94. The zero-order valence-corrected chi connectivity index (χ0v) is 8.34. The van der Waals surface area contributed by atoms with Gasteiger partial charge in [-0.3, -0.25) is 14.9 Å². The number of nitro groups is 1. The number of hydrogen-bond acceptors (Lipinski definition) is 5. The number of nitro benzene ring substituents is 1. The monoisotopic (exact) mass is 225 g/mol. The molecule has 0 saturated carbocycles. The number of nitrogens with one attached hydrogen (secondary N) is 1. The number of amides is 1. The summed E-state index contributed by atoms with van der Waals surface area (Å²) in [5.74, 6) is -0.665. The van der Waals surface area contributed by atoms with Gasteiger partial charge >= 0.3 is 0 Å². The fourth-order valence-corrected chi connectivity index (χ4v) is 1.18. The van der Waals surface area contributed by atoms with Crippen molar-refractivity contribution in [2.75, 3.05) is 18.5 Å². The largest absolute Gasteiger partial charge is 0.395 e. The quantitative estimate of drug-likeness (QED) is 0.485. The van der Waals surface area contributed by atoms with Gasteiger partial charge in [0.15, 0.2) is 0 Å². The van der Waals surface area contributed by atoms with Crippen LogP contribution in [0.3, 0.4) is 0 Å². The number of aliphatic hydroxyl groups is 1. The van der Waals surface area contributed by atoms with Crippen molar-refractivity contribution >= 4 is 17.3 Å². The third kappa shape index (κ3) is 2.67. The number of primary amides is 1. The molecular weight excluding hydrogens is 214 g/mol. The molecule has 0 aliphatic rings. The molecule has 0 saturated heterocycles. The topological polar surface area (TPSA) is 118 Å². The van der Waals surface area contributed by atoms with Gasteiger partial charge in [-0.05, 0) is 12.1 Å². The van der Waals surface area contributed by atoms with E-state index in [2.05, 4.69) is 5.32 Å². The minimum Gasteiger partial charge on any atom is -0.395 e.